The van der Waals surface area contributed by atoms with Crippen molar-refractivity contribution >= 4 is 90.5 Å². The first-order valence-electron chi connectivity index (χ1n) is 27.3. The van der Waals surface area contributed by atoms with Crippen molar-refractivity contribution < 1.29 is 4.42 Å². The summed E-state index contributed by atoms with van der Waals surface area (Å²) in [5.74, 6) is 0. The van der Waals surface area contributed by atoms with Gasteiger partial charge in [-0.15, -0.1) is 0 Å². The van der Waals surface area contributed by atoms with E-state index in [0.29, 0.717) is 0 Å². The molecule has 8 aromatic carbocycles. The van der Waals surface area contributed by atoms with Crippen LogP contribution in [0.1, 0.15) is 130 Å². The fourth-order valence-corrected chi connectivity index (χ4v) is 13.7. The van der Waals surface area contributed by atoms with Gasteiger partial charge < -0.3 is 19.1 Å². The Morgan fingerprint density at radius 3 is 1.89 bits per heavy atom. The molecule has 0 amide bonds. The number of benzene rings is 8. The summed E-state index contributed by atoms with van der Waals surface area (Å²) < 4.78 is 6.63. The first-order valence-corrected chi connectivity index (χ1v) is 27.3. The lowest BCUT2D eigenvalue weighted by molar-refractivity contribution is 0.195. The Morgan fingerprint density at radius 1 is 0.514 bits per heavy atom. The van der Waals surface area contributed by atoms with Crippen molar-refractivity contribution in [3.63, 3.8) is 0 Å². The lowest BCUT2D eigenvalue weighted by atomic mass is 9.33. The summed E-state index contributed by atoms with van der Waals surface area (Å²) in [6.07, 6.45) is 4.86. The standard InChI is InChI=1S/C69H70BN3O/c1-43-36-59-63-60(37-43)73-64-54(68(11)34-18-19-35-69(68,73)12)39-47(67(8,9)10)40-56(64)70(63)55-32-30-49(41-58(55)72(59)57-33-26-46(66(5,6)7)38-53(57)44-20-14-13-15-21-44)71(48-27-24-45(25-28-48)65(2,3)4)50-29-31-52-51-22-16-17-23-61(51)74-62(52)42-50/h13-17,20-33,36-42H,18-19,34-35H2,1-12H3. The highest BCUT2D eigenvalue weighted by Gasteiger charge is 2.61. The van der Waals surface area contributed by atoms with Crippen molar-refractivity contribution in [1.82, 2.24) is 0 Å². The van der Waals surface area contributed by atoms with Crippen molar-refractivity contribution in [1.29, 1.82) is 0 Å². The lowest BCUT2D eigenvalue weighted by Crippen LogP contribution is -2.64. The number of para-hydroxylation sites is 1. The molecule has 4 aliphatic rings. The molecule has 1 saturated carbocycles. The van der Waals surface area contributed by atoms with Crippen LogP contribution < -0.4 is 31.1 Å². The number of hydrogen-bond acceptors (Lipinski definition) is 4. The fraction of sp³-hybridized carbons (Fsp3) is 0.304. The molecule has 5 heteroatoms. The summed E-state index contributed by atoms with van der Waals surface area (Å²) in [5.41, 5.74) is 24.9. The van der Waals surface area contributed by atoms with E-state index in [-0.39, 0.29) is 33.9 Å². The van der Waals surface area contributed by atoms with Gasteiger partial charge in [0.25, 0.3) is 6.71 Å². The predicted molar refractivity (Wildman–Crippen MR) is 317 cm³/mol. The van der Waals surface area contributed by atoms with E-state index < -0.39 is 0 Å². The maximum atomic E-state index is 6.63. The summed E-state index contributed by atoms with van der Waals surface area (Å²) in [4.78, 5) is 7.99. The monoisotopic (exact) mass is 968 g/mol. The van der Waals surface area contributed by atoms with Crippen LogP contribution >= 0.6 is 0 Å². The largest absolute Gasteiger partial charge is 0.456 e. The van der Waals surface area contributed by atoms with Gasteiger partial charge in [-0.05, 0) is 159 Å². The Labute approximate surface area is 440 Å². The summed E-state index contributed by atoms with van der Waals surface area (Å²) in [7, 11) is 0. The molecule has 0 saturated heterocycles. The number of rotatable bonds is 5. The molecule has 1 aliphatic carbocycles. The SMILES string of the molecule is Cc1cc2c3c(c1)N1c4c(cc(C(C)(C)C)cc4C4(C)CCCCC14C)B3c1ccc(N(c3ccc(C(C)(C)C)cc3)c3ccc4c(c3)oc3ccccc34)cc1N2c1ccc(C(C)(C)C)cc1-c1ccccc1. The molecule has 1 fully saturated rings. The summed E-state index contributed by atoms with van der Waals surface area (Å²) in [6, 6.07) is 60.5. The highest BCUT2D eigenvalue weighted by molar-refractivity contribution is 7.00. The molecule has 9 aromatic rings. The van der Waals surface area contributed by atoms with Gasteiger partial charge in [0.05, 0.1) is 11.2 Å². The minimum absolute atomic E-state index is 0.000338. The minimum atomic E-state index is -0.0755. The van der Waals surface area contributed by atoms with Crippen LogP contribution in [0.25, 0.3) is 33.1 Å². The molecular formula is C69H70BN3O. The van der Waals surface area contributed by atoms with E-state index in [2.05, 4.69) is 256 Å². The quantitative estimate of drug-likeness (QED) is 0.160. The first kappa shape index (κ1) is 46.8. The maximum Gasteiger partial charge on any atom is 0.252 e. The minimum Gasteiger partial charge on any atom is -0.456 e. The molecule has 4 nitrogen and oxygen atoms in total. The molecule has 74 heavy (non-hydrogen) atoms. The van der Waals surface area contributed by atoms with Gasteiger partial charge in [-0.25, -0.2) is 0 Å². The molecule has 2 unspecified atom stereocenters. The van der Waals surface area contributed by atoms with Gasteiger partial charge in [0, 0.05) is 67.6 Å². The molecule has 4 heterocycles. The maximum absolute atomic E-state index is 6.63. The van der Waals surface area contributed by atoms with Gasteiger partial charge in [0.2, 0.25) is 0 Å². The second kappa shape index (κ2) is 16.0. The number of nitrogens with zero attached hydrogens (tertiary/aromatic N) is 3. The average molecular weight is 968 g/mol. The molecule has 2 atom stereocenters. The number of hydrogen-bond donors (Lipinski definition) is 0. The van der Waals surface area contributed by atoms with E-state index in [4.69, 9.17) is 4.42 Å². The second-order valence-electron chi connectivity index (χ2n) is 25.8. The van der Waals surface area contributed by atoms with Crippen LogP contribution in [0, 0.1) is 6.92 Å². The molecule has 370 valence electrons. The van der Waals surface area contributed by atoms with Crippen LogP contribution in [0.4, 0.5) is 45.5 Å². The highest BCUT2D eigenvalue weighted by atomic mass is 16.3. The van der Waals surface area contributed by atoms with Gasteiger partial charge in [0.15, 0.2) is 0 Å². The Kier molecular flexibility index (Phi) is 10.1. The van der Waals surface area contributed by atoms with Gasteiger partial charge in [0.1, 0.15) is 11.2 Å². The molecule has 3 aliphatic heterocycles. The topological polar surface area (TPSA) is 22.9 Å². The van der Waals surface area contributed by atoms with E-state index in [1.807, 2.05) is 0 Å². The number of anilines is 8. The van der Waals surface area contributed by atoms with E-state index >= 15 is 0 Å². The number of aryl methyl sites for hydroxylation is 1. The van der Waals surface area contributed by atoms with Crippen molar-refractivity contribution in [2.24, 2.45) is 0 Å². The molecule has 0 radical (unpaired) electrons. The smallest absolute Gasteiger partial charge is 0.252 e. The van der Waals surface area contributed by atoms with Crippen LogP contribution in [0.15, 0.2) is 162 Å². The molecule has 0 N–H and O–H groups in total. The zero-order chi connectivity index (χ0) is 51.4. The fourth-order valence-electron chi connectivity index (χ4n) is 13.7. The molecule has 0 spiro atoms. The van der Waals surface area contributed by atoms with Crippen LogP contribution in [0.3, 0.4) is 0 Å². The van der Waals surface area contributed by atoms with Gasteiger partial charge in [-0.3, -0.25) is 0 Å². The predicted octanol–water partition coefficient (Wildman–Crippen LogP) is 17.3. The van der Waals surface area contributed by atoms with E-state index in [1.54, 1.807) is 5.56 Å². The van der Waals surface area contributed by atoms with E-state index in [1.165, 1.54) is 104 Å². The third-order valence-corrected chi connectivity index (χ3v) is 18.1. The van der Waals surface area contributed by atoms with Crippen LogP contribution in [0.2, 0.25) is 0 Å². The zero-order valence-electron chi connectivity index (χ0n) is 45.7. The summed E-state index contributed by atoms with van der Waals surface area (Å²) in [5, 5.41) is 2.26. The van der Waals surface area contributed by atoms with Crippen LogP contribution in [-0.2, 0) is 21.7 Å². The third kappa shape index (κ3) is 6.87. The Hall–Kier alpha value is -6.98. The molecule has 1 aromatic heterocycles. The first-order chi connectivity index (χ1) is 35.2. The number of fused-ring (bicyclic) bond motifs is 10. The molecular weight excluding hydrogens is 898 g/mol. The van der Waals surface area contributed by atoms with Crippen molar-refractivity contribution in [2.75, 3.05) is 14.7 Å². The van der Waals surface area contributed by atoms with Crippen LogP contribution in [0.5, 0.6) is 0 Å². The van der Waals surface area contributed by atoms with Crippen molar-refractivity contribution in [3.05, 3.63) is 186 Å². The van der Waals surface area contributed by atoms with Crippen molar-refractivity contribution in [3.8, 4) is 11.1 Å². The number of furan rings is 1. The molecule has 0 bridgehead atoms. The van der Waals surface area contributed by atoms with E-state index in [0.717, 1.165) is 39.0 Å². The summed E-state index contributed by atoms with van der Waals surface area (Å²) in [6.45, 7) is 28.6. The van der Waals surface area contributed by atoms with Crippen LogP contribution in [-0.4, -0.2) is 12.3 Å². The summed E-state index contributed by atoms with van der Waals surface area (Å²) >= 11 is 0. The Balaban J connectivity index is 1.13. The van der Waals surface area contributed by atoms with Crippen molar-refractivity contribution in [2.45, 2.75) is 136 Å². The Bertz CT molecular complexity index is 3750. The highest BCUT2D eigenvalue weighted by Crippen LogP contribution is 2.62. The average Bonchev–Trinajstić information content (AvgIpc) is 3.99. The van der Waals surface area contributed by atoms with Gasteiger partial charge in [-0.1, -0.05) is 167 Å². The van der Waals surface area contributed by atoms with Gasteiger partial charge in [-0.2, -0.15) is 0 Å². The van der Waals surface area contributed by atoms with E-state index in [9.17, 15) is 0 Å². The second-order valence-corrected chi connectivity index (χ2v) is 25.8. The Morgan fingerprint density at radius 2 is 1.15 bits per heavy atom. The lowest BCUT2D eigenvalue weighted by Gasteiger charge is -2.53. The normalized spacial score (nSPS) is 18.9. The van der Waals surface area contributed by atoms with Gasteiger partial charge >= 0.3 is 0 Å². The third-order valence-electron chi connectivity index (χ3n) is 18.1. The molecule has 13 rings (SSSR count). The zero-order valence-corrected chi connectivity index (χ0v) is 45.7.